The highest BCUT2D eigenvalue weighted by Gasteiger charge is 2.17. The monoisotopic (exact) mass is 306 g/mol. The van der Waals surface area contributed by atoms with Crippen LogP contribution in [0.15, 0.2) is 18.2 Å². The van der Waals surface area contributed by atoms with E-state index in [9.17, 15) is 13.5 Å². The molecule has 0 saturated heterocycles. The molecule has 0 spiro atoms. The van der Waals surface area contributed by atoms with E-state index in [0.717, 1.165) is 0 Å². The lowest BCUT2D eigenvalue weighted by Crippen LogP contribution is -2.22. The minimum Gasteiger partial charge on any atom is -0.492 e. The zero-order valence-corrected chi connectivity index (χ0v) is 12.8. The molecule has 0 fully saturated rings. The Balaban J connectivity index is 2.74. The predicted molar refractivity (Wildman–Crippen MR) is 76.5 cm³/mol. The van der Waals surface area contributed by atoms with Gasteiger partial charge >= 0.3 is 0 Å². The van der Waals surface area contributed by atoms with Crippen molar-refractivity contribution in [2.45, 2.75) is 32.1 Å². The van der Waals surface area contributed by atoms with E-state index in [1.165, 1.54) is 0 Å². The second kappa shape index (κ2) is 6.59. The van der Waals surface area contributed by atoms with Crippen LogP contribution in [-0.4, -0.2) is 31.1 Å². The van der Waals surface area contributed by atoms with Crippen LogP contribution in [-0.2, 0) is 9.84 Å². The first-order valence-corrected chi connectivity index (χ1v) is 8.15. The predicted octanol–water partition coefficient (Wildman–Crippen LogP) is 2.60. The Morgan fingerprint density at radius 3 is 2.47 bits per heavy atom. The average Bonchev–Trinajstić information content (AvgIpc) is 2.30. The molecule has 0 aliphatic heterocycles. The Bertz CT molecular complexity index is 523. The molecule has 0 aliphatic carbocycles. The number of aliphatic hydroxyl groups excluding tert-OH is 1. The molecule has 1 unspecified atom stereocenters. The van der Waals surface area contributed by atoms with E-state index in [-0.39, 0.29) is 12.4 Å². The fourth-order valence-corrected chi connectivity index (χ4v) is 2.45. The molecule has 4 nitrogen and oxygen atoms in total. The number of ether oxygens (including phenoxy) is 1. The molecule has 0 bridgehead atoms. The highest BCUT2D eigenvalue weighted by molar-refractivity contribution is 7.91. The van der Waals surface area contributed by atoms with E-state index in [0.29, 0.717) is 16.3 Å². The van der Waals surface area contributed by atoms with Gasteiger partial charge < -0.3 is 9.84 Å². The summed E-state index contributed by atoms with van der Waals surface area (Å²) < 4.78 is 28.7. The molecule has 6 heteroatoms. The largest absolute Gasteiger partial charge is 0.492 e. The molecular weight excluding hydrogens is 288 g/mol. The van der Waals surface area contributed by atoms with Crippen LogP contribution in [0.25, 0.3) is 0 Å². The van der Waals surface area contributed by atoms with E-state index in [4.69, 9.17) is 16.3 Å². The standard InChI is InChI=1S/C13H19ClO4S/c1-9(2)19(16,17)7-6-18-13-5-4-11(14)8-12(13)10(3)15/h4-5,8-10,15H,6-7H2,1-3H3. The van der Waals surface area contributed by atoms with Crippen molar-refractivity contribution in [1.82, 2.24) is 0 Å². The molecular formula is C13H19ClO4S. The SMILES string of the molecule is CC(O)c1cc(Cl)ccc1OCCS(=O)(=O)C(C)C. The Morgan fingerprint density at radius 1 is 1.32 bits per heavy atom. The summed E-state index contributed by atoms with van der Waals surface area (Å²) in [5, 5.41) is 9.70. The van der Waals surface area contributed by atoms with Gasteiger partial charge in [0.15, 0.2) is 9.84 Å². The number of halogens is 1. The van der Waals surface area contributed by atoms with Crippen molar-refractivity contribution < 1.29 is 18.3 Å². The molecule has 1 aromatic carbocycles. The van der Waals surface area contributed by atoms with Crippen molar-refractivity contribution in [3.05, 3.63) is 28.8 Å². The zero-order valence-electron chi connectivity index (χ0n) is 11.3. The van der Waals surface area contributed by atoms with Crippen LogP contribution < -0.4 is 4.74 Å². The summed E-state index contributed by atoms with van der Waals surface area (Å²) in [7, 11) is -3.12. The number of hydrogen-bond donors (Lipinski definition) is 1. The lowest BCUT2D eigenvalue weighted by molar-refractivity contribution is 0.192. The van der Waals surface area contributed by atoms with Crippen LogP contribution in [0.3, 0.4) is 0 Å². The molecule has 1 atom stereocenters. The normalized spacial score (nSPS) is 13.6. The Morgan fingerprint density at radius 2 is 1.95 bits per heavy atom. The van der Waals surface area contributed by atoms with Crippen LogP contribution >= 0.6 is 11.6 Å². The molecule has 0 aliphatic rings. The van der Waals surface area contributed by atoms with E-state index < -0.39 is 21.2 Å². The lowest BCUT2D eigenvalue weighted by atomic mass is 10.1. The topological polar surface area (TPSA) is 63.6 Å². The van der Waals surface area contributed by atoms with Gasteiger partial charge in [-0.3, -0.25) is 0 Å². The van der Waals surface area contributed by atoms with Crippen LogP contribution in [0.5, 0.6) is 5.75 Å². The average molecular weight is 307 g/mol. The number of aliphatic hydroxyl groups is 1. The van der Waals surface area contributed by atoms with Gasteiger partial charge in [-0.05, 0) is 39.0 Å². The molecule has 0 radical (unpaired) electrons. The first-order valence-electron chi connectivity index (χ1n) is 6.06. The van der Waals surface area contributed by atoms with Crippen molar-refractivity contribution in [1.29, 1.82) is 0 Å². The van der Waals surface area contributed by atoms with Crippen molar-refractivity contribution in [2.24, 2.45) is 0 Å². The molecule has 0 saturated carbocycles. The number of sulfone groups is 1. The third kappa shape index (κ3) is 4.67. The lowest BCUT2D eigenvalue weighted by Gasteiger charge is -2.14. The van der Waals surface area contributed by atoms with Crippen molar-refractivity contribution in [3.8, 4) is 5.75 Å². The van der Waals surface area contributed by atoms with Gasteiger partial charge in [-0.1, -0.05) is 11.6 Å². The minimum atomic E-state index is -3.12. The third-order valence-corrected chi connectivity index (χ3v) is 5.17. The summed E-state index contributed by atoms with van der Waals surface area (Å²) in [6, 6.07) is 4.88. The zero-order chi connectivity index (χ0) is 14.6. The van der Waals surface area contributed by atoms with Gasteiger partial charge in [0.05, 0.1) is 17.1 Å². The van der Waals surface area contributed by atoms with E-state index >= 15 is 0 Å². The summed E-state index contributed by atoms with van der Waals surface area (Å²) in [6.45, 7) is 4.93. The second-order valence-corrected chi connectivity index (χ2v) is 7.74. The van der Waals surface area contributed by atoms with Gasteiger partial charge in [0.1, 0.15) is 12.4 Å². The molecule has 0 aromatic heterocycles. The number of benzene rings is 1. The van der Waals surface area contributed by atoms with Gasteiger partial charge in [0, 0.05) is 10.6 Å². The molecule has 108 valence electrons. The van der Waals surface area contributed by atoms with Gasteiger partial charge in [-0.15, -0.1) is 0 Å². The molecule has 1 rings (SSSR count). The summed E-state index contributed by atoms with van der Waals surface area (Å²) >= 11 is 5.85. The maximum absolute atomic E-state index is 11.6. The maximum Gasteiger partial charge on any atom is 0.155 e. The smallest absolute Gasteiger partial charge is 0.155 e. The molecule has 1 aromatic rings. The quantitative estimate of drug-likeness (QED) is 0.877. The fraction of sp³-hybridized carbons (Fsp3) is 0.538. The summed E-state index contributed by atoms with van der Waals surface area (Å²) in [5.74, 6) is 0.408. The molecule has 0 amide bonds. The van der Waals surface area contributed by atoms with E-state index in [1.54, 1.807) is 39.0 Å². The van der Waals surface area contributed by atoms with Gasteiger partial charge in [-0.25, -0.2) is 8.42 Å². The minimum absolute atomic E-state index is 0.0491. The van der Waals surface area contributed by atoms with Crippen molar-refractivity contribution in [3.63, 3.8) is 0 Å². The highest BCUT2D eigenvalue weighted by atomic mass is 35.5. The van der Waals surface area contributed by atoms with Crippen LogP contribution in [0, 0.1) is 0 Å². The van der Waals surface area contributed by atoms with Gasteiger partial charge in [0.2, 0.25) is 0 Å². The third-order valence-electron chi connectivity index (χ3n) is 2.77. The van der Waals surface area contributed by atoms with E-state index in [2.05, 4.69) is 0 Å². The number of hydrogen-bond acceptors (Lipinski definition) is 4. The molecule has 0 heterocycles. The van der Waals surface area contributed by atoms with Crippen molar-refractivity contribution in [2.75, 3.05) is 12.4 Å². The van der Waals surface area contributed by atoms with Crippen LogP contribution in [0.1, 0.15) is 32.4 Å². The van der Waals surface area contributed by atoms with Crippen molar-refractivity contribution >= 4 is 21.4 Å². The number of rotatable bonds is 6. The Hall–Kier alpha value is -0.780. The van der Waals surface area contributed by atoms with Crippen LogP contribution in [0.2, 0.25) is 5.02 Å². The van der Waals surface area contributed by atoms with E-state index in [1.807, 2.05) is 0 Å². The first kappa shape index (κ1) is 16.3. The first-order chi connectivity index (χ1) is 8.74. The summed E-state index contributed by atoms with van der Waals surface area (Å²) in [6.07, 6.45) is -0.726. The summed E-state index contributed by atoms with van der Waals surface area (Å²) in [4.78, 5) is 0. The maximum atomic E-state index is 11.6. The second-order valence-electron chi connectivity index (χ2n) is 4.62. The Labute approximate surface area is 119 Å². The highest BCUT2D eigenvalue weighted by Crippen LogP contribution is 2.28. The van der Waals surface area contributed by atoms with Gasteiger partial charge in [-0.2, -0.15) is 0 Å². The summed E-state index contributed by atoms with van der Waals surface area (Å²) in [5.41, 5.74) is 0.550. The fourth-order valence-electron chi connectivity index (χ4n) is 1.48. The van der Waals surface area contributed by atoms with Gasteiger partial charge in [0.25, 0.3) is 0 Å². The van der Waals surface area contributed by atoms with Crippen LogP contribution in [0.4, 0.5) is 0 Å². The Kier molecular flexibility index (Phi) is 5.64. The molecule has 19 heavy (non-hydrogen) atoms. The molecule has 1 N–H and O–H groups in total.